The number of benzene rings is 1. The lowest BCUT2D eigenvalue weighted by Gasteiger charge is -2.13. The minimum Gasteiger partial charge on any atom is -0.484 e. The Labute approximate surface area is 109 Å². The van der Waals surface area contributed by atoms with Crippen molar-refractivity contribution in [3.63, 3.8) is 0 Å². The molecule has 19 heavy (non-hydrogen) atoms. The van der Waals surface area contributed by atoms with E-state index in [0.29, 0.717) is 5.75 Å². The van der Waals surface area contributed by atoms with Gasteiger partial charge in [-0.15, -0.1) is 0 Å². The Bertz CT molecular complexity index is 460. The van der Waals surface area contributed by atoms with E-state index in [4.69, 9.17) is 15.6 Å². The average Bonchev–Trinajstić information content (AvgIpc) is 2.36. The van der Waals surface area contributed by atoms with Crippen LogP contribution in [0.3, 0.4) is 0 Å². The molecule has 1 aromatic rings. The summed E-state index contributed by atoms with van der Waals surface area (Å²) < 4.78 is 5.13. The van der Waals surface area contributed by atoms with Crippen LogP contribution in [-0.4, -0.2) is 35.5 Å². The van der Waals surface area contributed by atoms with Gasteiger partial charge in [0.2, 0.25) is 5.91 Å². The molecule has 4 N–H and O–H groups in total. The lowest BCUT2D eigenvalue weighted by molar-refractivity contribution is -0.143. The zero-order valence-electron chi connectivity index (χ0n) is 10.0. The Balaban J connectivity index is 2.45. The Morgan fingerprint density at radius 2 is 1.89 bits per heavy atom. The third-order valence-corrected chi connectivity index (χ3v) is 2.15. The summed E-state index contributed by atoms with van der Waals surface area (Å²) in [6, 6.07) is 7.24. The molecule has 0 saturated carbocycles. The van der Waals surface area contributed by atoms with Crippen molar-refractivity contribution in [3.8, 4) is 5.75 Å². The molecule has 7 heteroatoms. The maximum Gasteiger partial charge on any atom is 0.326 e. The van der Waals surface area contributed by atoms with E-state index in [2.05, 4.69) is 5.32 Å². The number of hydrogen-bond donors (Lipinski definition) is 3. The summed E-state index contributed by atoms with van der Waals surface area (Å²) in [6.45, 7) is -0.341. The molecule has 0 bridgehead atoms. The van der Waals surface area contributed by atoms with Crippen LogP contribution in [0.1, 0.15) is 6.42 Å². The van der Waals surface area contributed by atoms with Gasteiger partial charge >= 0.3 is 5.97 Å². The van der Waals surface area contributed by atoms with Gasteiger partial charge in [0.05, 0.1) is 6.42 Å². The molecule has 1 aromatic carbocycles. The van der Waals surface area contributed by atoms with Gasteiger partial charge in [0.1, 0.15) is 11.8 Å². The number of primary amides is 1. The number of ether oxygens (including phenoxy) is 1. The number of nitrogens with one attached hydrogen (secondary N) is 1. The van der Waals surface area contributed by atoms with Gasteiger partial charge in [-0.2, -0.15) is 0 Å². The van der Waals surface area contributed by atoms with Gasteiger partial charge in [0, 0.05) is 0 Å². The van der Waals surface area contributed by atoms with Crippen LogP contribution in [0, 0.1) is 0 Å². The minimum absolute atomic E-state index is 0.341. The number of hydrogen-bond acceptors (Lipinski definition) is 4. The fourth-order valence-corrected chi connectivity index (χ4v) is 1.30. The first-order valence-corrected chi connectivity index (χ1v) is 5.47. The topological polar surface area (TPSA) is 119 Å². The van der Waals surface area contributed by atoms with Gasteiger partial charge < -0.3 is 20.9 Å². The van der Waals surface area contributed by atoms with Crippen molar-refractivity contribution in [3.05, 3.63) is 30.3 Å². The van der Waals surface area contributed by atoms with Crippen LogP contribution in [0.5, 0.6) is 5.75 Å². The summed E-state index contributed by atoms with van der Waals surface area (Å²) >= 11 is 0. The molecule has 0 aliphatic rings. The summed E-state index contributed by atoms with van der Waals surface area (Å²) in [5.74, 6) is -2.29. The molecule has 0 spiro atoms. The Morgan fingerprint density at radius 3 is 2.42 bits per heavy atom. The first kappa shape index (κ1) is 14.5. The van der Waals surface area contributed by atoms with Gasteiger partial charge in [-0.3, -0.25) is 9.59 Å². The van der Waals surface area contributed by atoms with Crippen LogP contribution in [0.4, 0.5) is 0 Å². The molecule has 1 atom stereocenters. The third-order valence-electron chi connectivity index (χ3n) is 2.15. The van der Waals surface area contributed by atoms with Crippen molar-refractivity contribution < 1.29 is 24.2 Å². The number of carbonyl (C=O) groups is 3. The molecule has 0 radical (unpaired) electrons. The number of rotatable bonds is 7. The summed E-state index contributed by atoms with van der Waals surface area (Å²) in [6.07, 6.45) is -0.466. The summed E-state index contributed by atoms with van der Waals surface area (Å²) in [5.41, 5.74) is 4.89. The highest BCUT2D eigenvalue weighted by Crippen LogP contribution is 2.07. The highest BCUT2D eigenvalue weighted by Gasteiger charge is 2.22. The second-order valence-corrected chi connectivity index (χ2v) is 3.73. The van der Waals surface area contributed by atoms with Crippen LogP contribution in [-0.2, 0) is 14.4 Å². The Kier molecular flexibility index (Phi) is 5.34. The molecule has 0 fully saturated rings. The quantitative estimate of drug-likeness (QED) is 0.615. The van der Waals surface area contributed by atoms with Crippen LogP contribution >= 0.6 is 0 Å². The average molecular weight is 266 g/mol. The number of aliphatic carboxylic acids is 1. The number of amides is 2. The van der Waals surface area contributed by atoms with Crippen molar-refractivity contribution in [1.82, 2.24) is 5.32 Å². The maximum atomic E-state index is 11.5. The second-order valence-electron chi connectivity index (χ2n) is 3.73. The summed E-state index contributed by atoms with van der Waals surface area (Å²) in [4.78, 5) is 32.9. The molecular formula is C12H14N2O5. The number of nitrogens with two attached hydrogens (primary N) is 1. The van der Waals surface area contributed by atoms with E-state index < -0.39 is 30.2 Å². The van der Waals surface area contributed by atoms with Gasteiger partial charge in [-0.1, -0.05) is 18.2 Å². The number of para-hydroxylation sites is 1. The molecule has 7 nitrogen and oxygen atoms in total. The van der Waals surface area contributed by atoms with E-state index in [-0.39, 0.29) is 6.61 Å². The smallest absolute Gasteiger partial charge is 0.326 e. The fraction of sp³-hybridized carbons (Fsp3) is 0.250. The molecule has 0 heterocycles. The van der Waals surface area contributed by atoms with Crippen molar-refractivity contribution in [2.75, 3.05) is 6.61 Å². The van der Waals surface area contributed by atoms with E-state index in [1.807, 2.05) is 0 Å². The van der Waals surface area contributed by atoms with Crippen LogP contribution < -0.4 is 15.8 Å². The molecule has 1 rings (SSSR count). The van der Waals surface area contributed by atoms with E-state index >= 15 is 0 Å². The number of carboxylic acids is 1. The molecule has 0 aromatic heterocycles. The van der Waals surface area contributed by atoms with E-state index in [1.165, 1.54) is 0 Å². The highest BCUT2D eigenvalue weighted by atomic mass is 16.5. The van der Waals surface area contributed by atoms with Crippen LogP contribution in [0.25, 0.3) is 0 Å². The van der Waals surface area contributed by atoms with E-state index in [1.54, 1.807) is 30.3 Å². The van der Waals surface area contributed by atoms with Gasteiger partial charge in [-0.05, 0) is 12.1 Å². The maximum absolute atomic E-state index is 11.5. The van der Waals surface area contributed by atoms with Crippen molar-refractivity contribution >= 4 is 17.8 Å². The molecule has 102 valence electrons. The molecular weight excluding hydrogens is 252 g/mol. The standard InChI is InChI=1S/C12H14N2O5/c13-10(15)6-9(12(17)18)14-11(16)7-19-8-4-2-1-3-5-8/h1-5,9H,6-7H2,(H2,13,15)(H,14,16)(H,17,18)/t9-/m1/s1. The molecule has 0 unspecified atom stereocenters. The van der Waals surface area contributed by atoms with E-state index in [0.717, 1.165) is 0 Å². The monoisotopic (exact) mass is 266 g/mol. The van der Waals surface area contributed by atoms with Crippen LogP contribution in [0.2, 0.25) is 0 Å². The molecule has 0 aliphatic carbocycles. The zero-order chi connectivity index (χ0) is 14.3. The zero-order valence-corrected chi connectivity index (χ0v) is 10.0. The molecule has 0 saturated heterocycles. The summed E-state index contributed by atoms with van der Waals surface area (Å²) in [5, 5.41) is 10.9. The molecule has 0 aliphatic heterocycles. The van der Waals surface area contributed by atoms with Gasteiger partial charge in [-0.25, -0.2) is 4.79 Å². The molecule has 2 amide bonds. The van der Waals surface area contributed by atoms with E-state index in [9.17, 15) is 14.4 Å². The lowest BCUT2D eigenvalue weighted by Crippen LogP contribution is -2.45. The van der Waals surface area contributed by atoms with Crippen molar-refractivity contribution in [2.24, 2.45) is 5.73 Å². The van der Waals surface area contributed by atoms with Crippen molar-refractivity contribution in [2.45, 2.75) is 12.5 Å². The minimum atomic E-state index is -1.34. The normalized spacial score (nSPS) is 11.4. The number of carboxylic acid groups (broad SMARTS) is 1. The third kappa shape index (κ3) is 5.53. The lowest BCUT2D eigenvalue weighted by atomic mass is 10.2. The predicted molar refractivity (Wildman–Crippen MR) is 65.3 cm³/mol. The second kappa shape index (κ2) is 7.00. The Morgan fingerprint density at radius 1 is 1.26 bits per heavy atom. The van der Waals surface area contributed by atoms with Gasteiger partial charge in [0.15, 0.2) is 6.61 Å². The first-order chi connectivity index (χ1) is 8.99. The number of carbonyl (C=O) groups excluding carboxylic acids is 2. The highest BCUT2D eigenvalue weighted by molar-refractivity contribution is 5.88. The van der Waals surface area contributed by atoms with Crippen LogP contribution in [0.15, 0.2) is 30.3 Å². The fourth-order valence-electron chi connectivity index (χ4n) is 1.30. The SMILES string of the molecule is NC(=O)C[C@@H](NC(=O)COc1ccccc1)C(=O)O. The van der Waals surface area contributed by atoms with Crippen molar-refractivity contribution in [1.29, 1.82) is 0 Å². The first-order valence-electron chi connectivity index (χ1n) is 5.47. The Hall–Kier alpha value is -2.57. The largest absolute Gasteiger partial charge is 0.484 e. The predicted octanol–water partition coefficient (Wildman–Crippen LogP) is -0.490. The summed E-state index contributed by atoms with van der Waals surface area (Å²) in [7, 11) is 0. The van der Waals surface area contributed by atoms with Gasteiger partial charge in [0.25, 0.3) is 5.91 Å².